The minimum absolute atomic E-state index is 0.00807. The lowest BCUT2D eigenvalue weighted by molar-refractivity contribution is -0.369. The van der Waals surface area contributed by atoms with Gasteiger partial charge in [-0.1, -0.05) is 60.7 Å². The number of aliphatic hydroxyl groups is 2. The quantitative estimate of drug-likeness (QED) is 0.220. The molecule has 9 atom stereocenters. The minimum Gasteiger partial charge on any atom is -0.467 e. The van der Waals surface area contributed by atoms with Crippen molar-refractivity contribution in [3.63, 3.8) is 0 Å². The zero-order chi connectivity index (χ0) is 30.6. The highest BCUT2D eigenvalue weighted by Gasteiger charge is 2.71. The molecule has 0 amide bonds. The summed E-state index contributed by atoms with van der Waals surface area (Å²) in [7, 11) is 1.17. The van der Waals surface area contributed by atoms with Crippen LogP contribution in [0.5, 0.6) is 0 Å². The summed E-state index contributed by atoms with van der Waals surface area (Å²) in [6.45, 7) is 4.61. The van der Waals surface area contributed by atoms with E-state index in [0.29, 0.717) is 6.42 Å². The highest BCUT2D eigenvalue weighted by molar-refractivity contribution is 5.75. The zero-order valence-corrected chi connectivity index (χ0v) is 24.1. The van der Waals surface area contributed by atoms with Crippen LogP contribution in [0.25, 0.3) is 0 Å². The normalized spacial score (nSPS) is 35.2. The Morgan fingerprint density at radius 1 is 0.977 bits per heavy atom. The molecule has 5 rings (SSSR count). The van der Waals surface area contributed by atoms with Crippen molar-refractivity contribution in [3.8, 4) is 0 Å². The molecule has 7 unspecified atom stereocenters. The van der Waals surface area contributed by atoms with Gasteiger partial charge in [0.25, 0.3) is 5.79 Å². The van der Waals surface area contributed by atoms with Crippen LogP contribution in [-0.2, 0) is 56.0 Å². The van der Waals surface area contributed by atoms with Gasteiger partial charge in [0.15, 0.2) is 18.5 Å². The molecule has 0 bridgehead atoms. The summed E-state index contributed by atoms with van der Waals surface area (Å²) in [6.07, 6.45) is -6.34. The van der Waals surface area contributed by atoms with Crippen molar-refractivity contribution < 1.29 is 53.0 Å². The fourth-order valence-electron chi connectivity index (χ4n) is 5.87. The zero-order valence-electron chi connectivity index (χ0n) is 24.1. The van der Waals surface area contributed by atoms with Gasteiger partial charge in [0.1, 0.15) is 30.5 Å². The number of aliphatic hydroxyl groups excluding tert-OH is 2. The largest absolute Gasteiger partial charge is 0.467 e. The van der Waals surface area contributed by atoms with Gasteiger partial charge in [-0.3, -0.25) is 9.79 Å². The topological polar surface area (TPSA) is 152 Å². The molecule has 12 heteroatoms. The number of hydrogen-bond donors (Lipinski definition) is 2. The van der Waals surface area contributed by atoms with E-state index in [9.17, 15) is 19.8 Å². The molecule has 12 nitrogen and oxygen atoms in total. The van der Waals surface area contributed by atoms with Gasteiger partial charge in [-0.2, -0.15) is 0 Å². The lowest BCUT2D eigenvalue weighted by Gasteiger charge is -2.48. The molecule has 2 heterocycles. The minimum atomic E-state index is -2.03. The van der Waals surface area contributed by atoms with Crippen LogP contribution in [0.4, 0.5) is 0 Å². The van der Waals surface area contributed by atoms with E-state index in [0.717, 1.165) is 11.1 Å². The number of methoxy groups -OCH3 is 1. The maximum atomic E-state index is 12.6. The Morgan fingerprint density at radius 2 is 1.58 bits per heavy atom. The highest BCUT2D eigenvalue weighted by atomic mass is 16.8. The van der Waals surface area contributed by atoms with Gasteiger partial charge in [-0.05, 0) is 24.3 Å². The standard InChI is InChI=1S/C31H37NO11/c1-19(33)42-31(18-41-25(29(36)37-3)24(34)27(31)39-16-21-12-8-5-9-13-21)43-30-14-22(30)17-40-28(35)23(32-2)26(30)38-15-20-10-6-4-7-11-20/h4-13,22-28,34-35H,2,14-18H2,1,3H3/t22?,23?,24-,25?,26?,27?,28-,30?,31?/m0/s1. The lowest BCUT2D eigenvalue weighted by Crippen LogP contribution is -2.68. The monoisotopic (exact) mass is 599 g/mol. The van der Waals surface area contributed by atoms with Gasteiger partial charge >= 0.3 is 11.9 Å². The van der Waals surface area contributed by atoms with Crippen LogP contribution >= 0.6 is 0 Å². The first-order valence-electron chi connectivity index (χ1n) is 14.1. The first kappa shape index (κ1) is 31.2. The van der Waals surface area contributed by atoms with Gasteiger partial charge in [-0.15, -0.1) is 0 Å². The van der Waals surface area contributed by atoms with Crippen LogP contribution in [0, 0.1) is 5.92 Å². The molecule has 2 aromatic carbocycles. The Bertz CT molecular complexity index is 1260. The van der Waals surface area contributed by atoms with Crippen molar-refractivity contribution in [2.75, 3.05) is 20.3 Å². The number of rotatable bonds is 11. The van der Waals surface area contributed by atoms with E-state index in [2.05, 4.69) is 11.7 Å². The second kappa shape index (κ2) is 13.2. The summed E-state index contributed by atoms with van der Waals surface area (Å²) in [5.74, 6) is -3.91. The van der Waals surface area contributed by atoms with Crippen LogP contribution in [0.15, 0.2) is 65.7 Å². The molecule has 2 N–H and O–H groups in total. The summed E-state index contributed by atoms with van der Waals surface area (Å²) < 4.78 is 41.4. The second-order valence-corrected chi connectivity index (χ2v) is 10.9. The Kier molecular flexibility index (Phi) is 9.57. The molecular formula is C31H37NO11. The van der Waals surface area contributed by atoms with Crippen LogP contribution in [0.3, 0.4) is 0 Å². The van der Waals surface area contributed by atoms with Crippen molar-refractivity contribution >= 4 is 18.7 Å². The van der Waals surface area contributed by atoms with Crippen molar-refractivity contribution in [2.45, 2.75) is 74.7 Å². The third kappa shape index (κ3) is 6.50. The molecule has 0 radical (unpaired) electrons. The molecule has 2 aliphatic heterocycles. The Balaban J connectivity index is 1.52. The van der Waals surface area contributed by atoms with Gasteiger partial charge in [-0.25, -0.2) is 4.79 Å². The van der Waals surface area contributed by atoms with E-state index in [-0.39, 0.29) is 25.7 Å². The molecule has 3 fully saturated rings. The number of ether oxygens (including phenoxy) is 7. The smallest absolute Gasteiger partial charge is 0.337 e. The highest BCUT2D eigenvalue weighted by Crippen LogP contribution is 2.57. The van der Waals surface area contributed by atoms with Crippen molar-refractivity contribution in [2.24, 2.45) is 10.9 Å². The van der Waals surface area contributed by atoms with Crippen LogP contribution in [0.2, 0.25) is 0 Å². The van der Waals surface area contributed by atoms with Crippen molar-refractivity contribution in [1.29, 1.82) is 0 Å². The molecule has 1 saturated carbocycles. The molecule has 2 aromatic rings. The van der Waals surface area contributed by atoms with Gasteiger partial charge < -0.3 is 43.4 Å². The molecule has 3 aliphatic rings. The number of carbonyl (C=O) groups is 2. The van der Waals surface area contributed by atoms with E-state index in [1.54, 1.807) is 0 Å². The number of fused-ring (bicyclic) bond motifs is 1. The van der Waals surface area contributed by atoms with Crippen molar-refractivity contribution in [3.05, 3.63) is 71.8 Å². The van der Waals surface area contributed by atoms with Crippen LogP contribution in [-0.4, -0.2) is 97.3 Å². The maximum Gasteiger partial charge on any atom is 0.337 e. The second-order valence-electron chi connectivity index (χ2n) is 10.9. The summed E-state index contributed by atoms with van der Waals surface area (Å²) in [6, 6.07) is 17.6. The van der Waals surface area contributed by atoms with Crippen molar-refractivity contribution in [1.82, 2.24) is 0 Å². The predicted molar refractivity (Wildman–Crippen MR) is 150 cm³/mol. The fraction of sp³-hybridized carbons (Fsp3) is 0.516. The number of nitrogens with zero attached hydrogens (tertiary/aromatic N) is 1. The average Bonchev–Trinajstić information content (AvgIpc) is 3.71. The van der Waals surface area contributed by atoms with E-state index in [1.165, 1.54) is 14.0 Å². The van der Waals surface area contributed by atoms with E-state index in [4.69, 9.17) is 33.2 Å². The fourth-order valence-corrected chi connectivity index (χ4v) is 5.87. The molecule has 0 spiro atoms. The third-order valence-electron chi connectivity index (χ3n) is 8.03. The number of hydrogen-bond acceptors (Lipinski definition) is 12. The molecule has 2 saturated heterocycles. The lowest BCUT2D eigenvalue weighted by atomic mass is 9.94. The third-order valence-corrected chi connectivity index (χ3v) is 8.03. The van der Waals surface area contributed by atoms with Crippen LogP contribution in [0.1, 0.15) is 24.5 Å². The molecule has 0 aromatic heterocycles. The number of aliphatic imine (C=N–C) groups is 1. The number of carbonyl (C=O) groups excluding carboxylic acids is 2. The summed E-state index contributed by atoms with van der Waals surface area (Å²) >= 11 is 0. The predicted octanol–water partition coefficient (Wildman–Crippen LogP) is 1.54. The average molecular weight is 600 g/mol. The summed E-state index contributed by atoms with van der Waals surface area (Å²) in [5, 5.41) is 22.2. The van der Waals surface area contributed by atoms with E-state index >= 15 is 0 Å². The first-order chi connectivity index (χ1) is 20.7. The Hall–Kier alpha value is -3.23. The maximum absolute atomic E-state index is 12.6. The first-order valence-corrected chi connectivity index (χ1v) is 14.1. The molecule has 1 aliphatic carbocycles. The molecule has 232 valence electrons. The van der Waals surface area contributed by atoms with Gasteiger partial charge in [0.05, 0.1) is 26.9 Å². The van der Waals surface area contributed by atoms with Crippen LogP contribution < -0.4 is 0 Å². The molecule has 43 heavy (non-hydrogen) atoms. The number of benzene rings is 2. The summed E-state index contributed by atoms with van der Waals surface area (Å²) in [4.78, 5) is 29.3. The summed E-state index contributed by atoms with van der Waals surface area (Å²) in [5.41, 5.74) is 0.415. The van der Waals surface area contributed by atoms with Gasteiger partial charge in [0.2, 0.25) is 0 Å². The van der Waals surface area contributed by atoms with E-state index < -0.39 is 66.7 Å². The SMILES string of the molecule is C=NC1C(OCc2ccccc2)C2(OC3(OC(C)=O)COC(C(=O)OC)[C@H](O)C3OCc3ccccc3)CC2CO[C@@H]1O. The Labute approximate surface area is 249 Å². The number of esters is 2. The molecular weight excluding hydrogens is 562 g/mol. The Morgan fingerprint density at radius 3 is 2.14 bits per heavy atom. The van der Waals surface area contributed by atoms with Gasteiger partial charge in [0, 0.05) is 12.8 Å². The van der Waals surface area contributed by atoms with E-state index in [1.807, 2.05) is 60.7 Å².